The second-order valence-electron chi connectivity index (χ2n) is 5.50. The second kappa shape index (κ2) is 7.13. The van der Waals surface area contributed by atoms with Crippen LogP contribution in [-0.4, -0.2) is 21.6 Å². The van der Waals surface area contributed by atoms with E-state index in [1.165, 1.54) is 25.3 Å². The number of benzene rings is 1. The molecule has 0 amide bonds. The first-order chi connectivity index (χ1) is 10.0. The molecule has 1 aromatic rings. The lowest BCUT2D eigenvalue weighted by Gasteiger charge is -2.22. The van der Waals surface area contributed by atoms with Crippen molar-refractivity contribution in [2.45, 2.75) is 43.9 Å². The van der Waals surface area contributed by atoms with Gasteiger partial charge in [0, 0.05) is 12.2 Å². The van der Waals surface area contributed by atoms with E-state index < -0.39 is 10.0 Å². The molecule has 21 heavy (non-hydrogen) atoms. The lowest BCUT2D eigenvalue weighted by molar-refractivity contribution is 0.330. The quantitative estimate of drug-likeness (QED) is 0.791. The molecule has 6 heteroatoms. The summed E-state index contributed by atoms with van der Waals surface area (Å²) in [6, 6.07) is 4.70. The van der Waals surface area contributed by atoms with Crippen LogP contribution in [0, 0.1) is 5.92 Å². The molecule has 3 N–H and O–H groups in total. The highest BCUT2D eigenvalue weighted by Gasteiger charge is 2.22. The van der Waals surface area contributed by atoms with Crippen LogP contribution in [0.3, 0.4) is 0 Å². The Labute approximate surface area is 126 Å². The zero-order chi connectivity index (χ0) is 15.3. The first-order valence-electron chi connectivity index (χ1n) is 7.55. The summed E-state index contributed by atoms with van der Waals surface area (Å²) < 4.78 is 33.1. The number of hydrogen-bond acceptors (Lipinski definition) is 4. The minimum atomic E-state index is -3.59. The van der Waals surface area contributed by atoms with E-state index in [-0.39, 0.29) is 4.90 Å². The van der Waals surface area contributed by atoms with Crippen molar-refractivity contribution in [3.05, 3.63) is 18.2 Å². The molecule has 2 rings (SSSR count). The fourth-order valence-electron chi connectivity index (χ4n) is 2.71. The third-order valence-electron chi connectivity index (χ3n) is 3.84. The molecule has 0 aliphatic heterocycles. The van der Waals surface area contributed by atoms with Gasteiger partial charge in [0.2, 0.25) is 10.0 Å². The van der Waals surface area contributed by atoms with Crippen molar-refractivity contribution in [1.29, 1.82) is 0 Å². The van der Waals surface area contributed by atoms with Crippen molar-refractivity contribution >= 4 is 15.7 Å². The zero-order valence-corrected chi connectivity index (χ0v) is 13.3. The van der Waals surface area contributed by atoms with E-state index in [1.807, 2.05) is 6.92 Å². The lowest BCUT2D eigenvalue weighted by atomic mass is 9.90. The van der Waals surface area contributed by atoms with Crippen LogP contribution in [0.2, 0.25) is 0 Å². The Kier molecular flexibility index (Phi) is 5.47. The van der Waals surface area contributed by atoms with E-state index in [0.29, 0.717) is 30.5 Å². The summed E-state index contributed by atoms with van der Waals surface area (Å²) in [5.41, 5.74) is 6.12. The van der Waals surface area contributed by atoms with Crippen molar-refractivity contribution in [2.75, 3.05) is 18.9 Å². The first kappa shape index (κ1) is 16.1. The zero-order valence-electron chi connectivity index (χ0n) is 12.5. The molecule has 1 fully saturated rings. The molecular formula is C15H24N2O3S. The maximum absolute atomic E-state index is 12.5. The summed E-state index contributed by atoms with van der Waals surface area (Å²) in [6.07, 6.45) is 5.83. The average Bonchev–Trinajstić information content (AvgIpc) is 2.48. The Morgan fingerprint density at radius 3 is 2.67 bits per heavy atom. The maximum Gasteiger partial charge on any atom is 0.244 e. The summed E-state index contributed by atoms with van der Waals surface area (Å²) in [6.45, 7) is 2.72. The molecule has 0 spiro atoms. The van der Waals surface area contributed by atoms with Crippen molar-refractivity contribution in [2.24, 2.45) is 5.92 Å². The third-order valence-corrected chi connectivity index (χ3v) is 5.29. The minimum absolute atomic E-state index is 0.125. The fourth-order valence-corrected chi connectivity index (χ4v) is 4.00. The molecule has 1 aliphatic rings. The smallest absolute Gasteiger partial charge is 0.244 e. The standard InChI is InChI=1S/C15H24N2O3S/c1-2-20-14-9-8-13(16)10-15(14)21(18,19)17-11-12-6-4-3-5-7-12/h8-10,12,17H,2-7,11,16H2,1H3. The van der Waals surface area contributed by atoms with Gasteiger partial charge in [-0.1, -0.05) is 19.3 Å². The van der Waals surface area contributed by atoms with Gasteiger partial charge in [0.15, 0.2) is 0 Å². The van der Waals surface area contributed by atoms with Gasteiger partial charge < -0.3 is 10.5 Å². The van der Waals surface area contributed by atoms with E-state index in [1.54, 1.807) is 12.1 Å². The molecule has 1 aliphatic carbocycles. The minimum Gasteiger partial charge on any atom is -0.492 e. The summed E-state index contributed by atoms with van der Waals surface area (Å²) in [7, 11) is -3.59. The molecule has 1 saturated carbocycles. The average molecular weight is 312 g/mol. The molecule has 0 heterocycles. The lowest BCUT2D eigenvalue weighted by Crippen LogP contribution is -2.30. The molecule has 0 bridgehead atoms. The molecule has 0 radical (unpaired) electrons. The second-order valence-corrected chi connectivity index (χ2v) is 7.23. The third kappa shape index (κ3) is 4.35. The Morgan fingerprint density at radius 2 is 2.00 bits per heavy atom. The van der Waals surface area contributed by atoms with E-state index >= 15 is 0 Å². The van der Waals surface area contributed by atoms with Gasteiger partial charge in [-0.25, -0.2) is 13.1 Å². The topological polar surface area (TPSA) is 81.4 Å². The van der Waals surface area contributed by atoms with Gasteiger partial charge in [0.05, 0.1) is 6.61 Å². The SMILES string of the molecule is CCOc1ccc(N)cc1S(=O)(=O)NCC1CCCCC1. The first-order valence-corrected chi connectivity index (χ1v) is 9.03. The molecular weight excluding hydrogens is 288 g/mol. The number of sulfonamides is 1. The monoisotopic (exact) mass is 312 g/mol. The summed E-state index contributed by atoms with van der Waals surface area (Å²) in [4.78, 5) is 0.125. The van der Waals surface area contributed by atoms with Crippen LogP contribution < -0.4 is 15.2 Å². The van der Waals surface area contributed by atoms with Gasteiger partial charge in [0.1, 0.15) is 10.6 Å². The number of hydrogen-bond donors (Lipinski definition) is 2. The van der Waals surface area contributed by atoms with Crippen LogP contribution in [0.25, 0.3) is 0 Å². The van der Waals surface area contributed by atoms with E-state index in [9.17, 15) is 8.42 Å². The summed E-state index contributed by atoms with van der Waals surface area (Å²) in [5.74, 6) is 0.785. The molecule has 0 unspecified atom stereocenters. The number of nitrogens with one attached hydrogen (secondary N) is 1. The van der Waals surface area contributed by atoms with Crippen LogP contribution in [0.1, 0.15) is 39.0 Å². The molecule has 5 nitrogen and oxygen atoms in total. The van der Waals surface area contributed by atoms with Gasteiger partial charge >= 0.3 is 0 Å². The van der Waals surface area contributed by atoms with Crippen LogP contribution >= 0.6 is 0 Å². The molecule has 0 atom stereocenters. The number of rotatable bonds is 6. The molecule has 0 saturated heterocycles. The van der Waals surface area contributed by atoms with Crippen molar-refractivity contribution in [3.63, 3.8) is 0 Å². The van der Waals surface area contributed by atoms with Crippen LogP contribution in [0.5, 0.6) is 5.75 Å². The Bertz CT molecular complexity index is 566. The van der Waals surface area contributed by atoms with E-state index in [2.05, 4.69) is 4.72 Å². The number of nitrogens with two attached hydrogens (primary N) is 1. The van der Waals surface area contributed by atoms with Crippen molar-refractivity contribution in [1.82, 2.24) is 4.72 Å². The van der Waals surface area contributed by atoms with E-state index in [0.717, 1.165) is 12.8 Å². The summed E-state index contributed by atoms with van der Waals surface area (Å²) in [5, 5.41) is 0. The van der Waals surface area contributed by atoms with Gasteiger partial charge in [-0.05, 0) is 43.9 Å². The molecule has 118 valence electrons. The fraction of sp³-hybridized carbons (Fsp3) is 0.600. The Morgan fingerprint density at radius 1 is 1.29 bits per heavy atom. The maximum atomic E-state index is 12.5. The van der Waals surface area contributed by atoms with Gasteiger partial charge in [0.25, 0.3) is 0 Å². The van der Waals surface area contributed by atoms with Crippen LogP contribution in [-0.2, 0) is 10.0 Å². The van der Waals surface area contributed by atoms with Crippen LogP contribution in [0.4, 0.5) is 5.69 Å². The van der Waals surface area contributed by atoms with Gasteiger partial charge in [-0.3, -0.25) is 0 Å². The van der Waals surface area contributed by atoms with Crippen molar-refractivity contribution in [3.8, 4) is 5.75 Å². The normalized spacial score (nSPS) is 16.8. The highest BCUT2D eigenvalue weighted by Crippen LogP contribution is 2.27. The molecule has 0 aromatic heterocycles. The van der Waals surface area contributed by atoms with Gasteiger partial charge in [-0.2, -0.15) is 0 Å². The number of ether oxygens (including phenoxy) is 1. The Balaban J connectivity index is 2.12. The number of anilines is 1. The highest BCUT2D eigenvalue weighted by molar-refractivity contribution is 7.89. The predicted octanol–water partition coefficient (Wildman–Crippen LogP) is 2.53. The van der Waals surface area contributed by atoms with Crippen molar-refractivity contribution < 1.29 is 13.2 Å². The van der Waals surface area contributed by atoms with Crippen LogP contribution in [0.15, 0.2) is 23.1 Å². The van der Waals surface area contributed by atoms with Gasteiger partial charge in [-0.15, -0.1) is 0 Å². The molecule has 1 aromatic carbocycles. The largest absolute Gasteiger partial charge is 0.492 e. The number of nitrogen functional groups attached to an aromatic ring is 1. The predicted molar refractivity (Wildman–Crippen MR) is 83.8 cm³/mol. The highest BCUT2D eigenvalue weighted by atomic mass is 32.2. The van der Waals surface area contributed by atoms with E-state index in [4.69, 9.17) is 10.5 Å². The summed E-state index contributed by atoms with van der Waals surface area (Å²) >= 11 is 0. The Hall–Kier alpha value is -1.27.